The fourth-order valence-corrected chi connectivity index (χ4v) is 1.44. The number of nitrogens with two attached hydrogens (primary N) is 1. The van der Waals surface area contributed by atoms with Crippen LogP contribution < -0.4 is 11.1 Å². The predicted octanol–water partition coefficient (Wildman–Crippen LogP) is 0.964. The summed E-state index contributed by atoms with van der Waals surface area (Å²) in [7, 11) is 1.65. The molecule has 0 bridgehead atoms. The van der Waals surface area contributed by atoms with Gasteiger partial charge in [0, 0.05) is 26.3 Å². The van der Waals surface area contributed by atoms with Gasteiger partial charge in [0.05, 0.1) is 6.61 Å². The molecule has 0 aliphatic carbocycles. The lowest BCUT2D eigenvalue weighted by Crippen LogP contribution is -2.21. The van der Waals surface area contributed by atoms with E-state index in [4.69, 9.17) is 10.5 Å². The molecule has 0 spiro atoms. The van der Waals surface area contributed by atoms with Crippen molar-refractivity contribution in [3.05, 3.63) is 47.5 Å². The molecular formula is C13H18N2O2. The van der Waals surface area contributed by atoms with E-state index in [-0.39, 0.29) is 5.91 Å². The van der Waals surface area contributed by atoms with Crippen LogP contribution in [0, 0.1) is 0 Å². The topological polar surface area (TPSA) is 64.3 Å². The minimum atomic E-state index is -0.136. The summed E-state index contributed by atoms with van der Waals surface area (Å²) in [5.41, 5.74) is 7.41. The fourth-order valence-electron chi connectivity index (χ4n) is 1.44. The van der Waals surface area contributed by atoms with E-state index in [9.17, 15) is 4.79 Å². The van der Waals surface area contributed by atoms with E-state index < -0.39 is 0 Å². The number of nitrogens with one attached hydrogen (secondary N) is 1. The highest BCUT2D eigenvalue weighted by atomic mass is 16.5. The number of rotatable bonds is 6. The Morgan fingerprint density at radius 1 is 1.41 bits per heavy atom. The highest BCUT2D eigenvalue weighted by molar-refractivity contribution is 5.87. The van der Waals surface area contributed by atoms with Gasteiger partial charge in [-0.25, -0.2) is 0 Å². The van der Waals surface area contributed by atoms with Crippen molar-refractivity contribution in [2.24, 2.45) is 5.73 Å². The van der Waals surface area contributed by atoms with Gasteiger partial charge in [-0.1, -0.05) is 30.3 Å². The Kier molecular flexibility index (Phi) is 5.99. The third-order valence-electron chi connectivity index (χ3n) is 2.28. The second-order valence-corrected chi connectivity index (χ2v) is 3.56. The number of carbonyl (C=O) groups is 1. The lowest BCUT2D eigenvalue weighted by Gasteiger charge is -2.08. The van der Waals surface area contributed by atoms with Crippen molar-refractivity contribution in [3.8, 4) is 0 Å². The third kappa shape index (κ3) is 4.80. The van der Waals surface area contributed by atoms with Crippen molar-refractivity contribution in [1.82, 2.24) is 5.32 Å². The minimum absolute atomic E-state index is 0.136. The van der Waals surface area contributed by atoms with E-state index in [2.05, 4.69) is 5.32 Å². The number of carbonyl (C=O) groups excluding carboxylic acids is 1. The first-order valence-electron chi connectivity index (χ1n) is 5.48. The van der Waals surface area contributed by atoms with Gasteiger partial charge in [0.1, 0.15) is 0 Å². The summed E-state index contributed by atoms with van der Waals surface area (Å²) < 4.78 is 5.10. The number of benzene rings is 1. The normalized spacial score (nSPS) is 10.7. The van der Waals surface area contributed by atoms with Crippen LogP contribution in [0.3, 0.4) is 0 Å². The average molecular weight is 234 g/mol. The average Bonchev–Trinajstić information content (AvgIpc) is 2.35. The third-order valence-corrected chi connectivity index (χ3v) is 2.28. The number of ether oxygens (including phenoxy) is 1. The van der Waals surface area contributed by atoms with Crippen LogP contribution in [0.2, 0.25) is 0 Å². The maximum Gasteiger partial charge on any atom is 0.243 e. The quantitative estimate of drug-likeness (QED) is 0.721. The highest BCUT2D eigenvalue weighted by Crippen LogP contribution is 2.09. The van der Waals surface area contributed by atoms with Crippen LogP contribution in [0.1, 0.15) is 11.1 Å². The van der Waals surface area contributed by atoms with Crippen molar-refractivity contribution >= 4 is 5.91 Å². The molecule has 0 aromatic heterocycles. The van der Waals surface area contributed by atoms with E-state index in [0.29, 0.717) is 19.7 Å². The first-order chi connectivity index (χ1) is 8.27. The van der Waals surface area contributed by atoms with E-state index in [1.807, 2.05) is 24.3 Å². The van der Waals surface area contributed by atoms with E-state index in [0.717, 1.165) is 11.1 Å². The zero-order valence-corrected chi connectivity index (χ0v) is 9.98. The Bertz CT molecular complexity index is 389. The second kappa shape index (κ2) is 7.60. The van der Waals surface area contributed by atoms with Crippen LogP contribution in [-0.4, -0.2) is 19.6 Å². The molecule has 0 atom stereocenters. The summed E-state index contributed by atoms with van der Waals surface area (Å²) in [6, 6.07) is 7.85. The largest absolute Gasteiger partial charge is 0.380 e. The number of methoxy groups -OCH3 is 1. The van der Waals surface area contributed by atoms with Gasteiger partial charge in [-0.2, -0.15) is 0 Å². The highest BCUT2D eigenvalue weighted by Gasteiger charge is 2.02. The maximum absolute atomic E-state index is 11.4. The van der Waals surface area contributed by atoms with Crippen molar-refractivity contribution in [1.29, 1.82) is 0 Å². The molecule has 1 aromatic carbocycles. The van der Waals surface area contributed by atoms with Gasteiger partial charge in [0.15, 0.2) is 0 Å². The first kappa shape index (κ1) is 13.4. The Morgan fingerprint density at radius 2 is 2.12 bits per heavy atom. The summed E-state index contributed by atoms with van der Waals surface area (Å²) >= 11 is 0. The van der Waals surface area contributed by atoms with Crippen molar-refractivity contribution < 1.29 is 9.53 Å². The van der Waals surface area contributed by atoms with Gasteiger partial charge >= 0.3 is 0 Å². The molecule has 4 heteroatoms. The van der Waals surface area contributed by atoms with Crippen LogP contribution >= 0.6 is 0 Å². The van der Waals surface area contributed by atoms with Crippen LogP contribution in [0.5, 0.6) is 0 Å². The molecule has 1 amide bonds. The molecule has 1 rings (SSSR count). The van der Waals surface area contributed by atoms with Gasteiger partial charge in [-0.15, -0.1) is 0 Å². The van der Waals surface area contributed by atoms with Gasteiger partial charge in [0.2, 0.25) is 5.91 Å². The molecular weight excluding hydrogens is 216 g/mol. The zero-order chi connectivity index (χ0) is 12.5. The number of hydrogen-bond donors (Lipinski definition) is 2. The van der Waals surface area contributed by atoms with Crippen molar-refractivity contribution in [2.45, 2.75) is 13.2 Å². The van der Waals surface area contributed by atoms with Crippen LogP contribution in [-0.2, 0) is 22.7 Å². The molecule has 0 heterocycles. The summed E-state index contributed by atoms with van der Waals surface area (Å²) in [4.78, 5) is 11.4. The Hall–Kier alpha value is -1.65. The molecule has 1 aromatic rings. The Balaban J connectivity index is 2.56. The van der Waals surface area contributed by atoms with Crippen molar-refractivity contribution in [2.75, 3.05) is 13.7 Å². The molecule has 0 saturated carbocycles. The van der Waals surface area contributed by atoms with E-state index >= 15 is 0 Å². The van der Waals surface area contributed by atoms with Crippen molar-refractivity contribution in [3.63, 3.8) is 0 Å². The standard InChI is InChI=1S/C13H18N2O2/c1-17-10-12-6-3-2-5-11(12)9-15-13(16)7-4-8-14/h2-7H,8-10,14H2,1H3,(H,15,16)/b7-4+. The van der Waals surface area contributed by atoms with Crippen LogP contribution in [0.15, 0.2) is 36.4 Å². The second-order valence-electron chi connectivity index (χ2n) is 3.56. The monoisotopic (exact) mass is 234 g/mol. The first-order valence-corrected chi connectivity index (χ1v) is 5.48. The molecule has 0 fully saturated rings. The SMILES string of the molecule is COCc1ccccc1CNC(=O)/C=C/CN. The van der Waals surface area contributed by atoms with Crippen LogP contribution in [0.25, 0.3) is 0 Å². The number of amides is 1. The molecule has 92 valence electrons. The van der Waals surface area contributed by atoms with Gasteiger partial charge in [-0.05, 0) is 11.1 Å². The smallest absolute Gasteiger partial charge is 0.243 e. The lowest BCUT2D eigenvalue weighted by atomic mass is 10.1. The van der Waals surface area contributed by atoms with E-state index in [1.165, 1.54) is 6.08 Å². The lowest BCUT2D eigenvalue weighted by molar-refractivity contribution is -0.116. The number of hydrogen-bond acceptors (Lipinski definition) is 3. The summed E-state index contributed by atoms with van der Waals surface area (Å²) in [6.45, 7) is 1.41. The van der Waals surface area contributed by atoms with E-state index in [1.54, 1.807) is 13.2 Å². The summed E-state index contributed by atoms with van der Waals surface area (Å²) in [5, 5.41) is 2.80. The molecule has 0 unspecified atom stereocenters. The molecule has 0 saturated heterocycles. The molecule has 4 nitrogen and oxygen atoms in total. The van der Waals surface area contributed by atoms with Gasteiger partial charge in [0.25, 0.3) is 0 Å². The summed E-state index contributed by atoms with van der Waals surface area (Å²) in [5.74, 6) is -0.136. The summed E-state index contributed by atoms with van der Waals surface area (Å²) in [6.07, 6.45) is 3.06. The van der Waals surface area contributed by atoms with Gasteiger partial charge < -0.3 is 15.8 Å². The Labute approximate surface area is 101 Å². The molecule has 0 radical (unpaired) electrons. The maximum atomic E-state index is 11.4. The predicted molar refractivity (Wildman–Crippen MR) is 67.2 cm³/mol. The van der Waals surface area contributed by atoms with Crippen LogP contribution in [0.4, 0.5) is 0 Å². The zero-order valence-electron chi connectivity index (χ0n) is 9.98. The fraction of sp³-hybridized carbons (Fsp3) is 0.308. The minimum Gasteiger partial charge on any atom is -0.380 e. The molecule has 17 heavy (non-hydrogen) atoms. The molecule has 3 N–H and O–H groups in total. The molecule has 0 aliphatic rings. The van der Waals surface area contributed by atoms with Gasteiger partial charge in [-0.3, -0.25) is 4.79 Å². The molecule has 0 aliphatic heterocycles. The Morgan fingerprint density at radius 3 is 2.76 bits per heavy atom.